The van der Waals surface area contributed by atoms with E-state index in [0.29, 0.717) is 24.4 Å². The first-order valence-corrected chi connectivity index (χ1v) is 10.6. The first-order chi connectivity index (χ1) is 14.2. The third-order valence-electron chi connectivity index (χ3n) is 4.39. The van der Waals surface area contributed by atoms with Crippen LogP contribution in [0.1, 0.15) is 38.1 Å². The molecule has 5 N–H and O–H groups in total. The average molecular weight is 432 g/mol. The first kappa shape index (κ1) is 23.4. The molecular formula is C21H29N5O3S. The largest absolute Gasteiger partial charge is 0.416 e. The van der Waals surface area contributed by atoms with Crippen molar-refractivity contribution in [2.45, 2.75) is 45.3 Å². The quantitative estimate of drug-likeness (QED) is 0.339. The van der Waals surface area contributed by atoms with E-state index in [0.717, 1.165) is 11.3 Å². The number of amides is 2. The van der Waals surface area contributed by atoms with Gasteiger partial charge < -0.3 is 26.4 Å². The molecule has 2 aromatic rings. The van der Waals surface area contributed by atoms with Gasteiger partial charge in [0.1, 0.15) is 0 Å². The Hall–Kier alpha value is -2.91. The van der Waals surface area contributed by atoms with Gasteiger partial charge in [0.15, 0.2) is 0 Å². The van der Waals surface area contributed by atoms with Crippen molar-refractivity contribution in [3.05, 3.63) is 58.8 Å². The van der Waals surface area contributed by atoms with Crippen molar-refractivity contribution >= 4 is 29.0 Å². The number of benzene rings is 1. The van der Waals surface area contributed by atoms with Gasteiger partial charge in [-0.3, -0.25) is 4.79 Å². The molecular weight excluding hydrogens is 402 g/mol. The van der Waals surface area contributed by atoms with Crippen molar-refractivity contribution in [2.75, 3.05) is 12.3 Å². The van der Waals surface area contributed by atoms with Gasteiger partial charge in [-0.05, 0) is 38.5 Å². The minimum Gasteiger partial charge on any atom is -0.416 e. The normalized spacial score (nSPS) is 13.7. The zero-order valence-corrected chi connectivity index (χ0v) is 18.3. The maximum absolute atomic E-state index is 12.6. The predicted molar refractivity (Wildman–Crippen MR) is 119 cm³/mol. The Morgan fingerprint density at radius 3 is 2.53 bits per heavy atom. The Bertz CT molecular complexity index is 839. The summed E-state index contributed by atoms with van der Waals surface area (Å²) in [7, 11) is 0. The van der Waals surface area contributed by atoms with E-state index in [1.165, 1.54) is 11.3 Å². The number of alkyl carbamates (subject to hydrolysis) is 1. The van der Waals surface area contributed by atoms with Crippen molar-refractivity contribution < 1.29 is 14.3 Å². The van der Waals surface area contributed by atoms with Crippen molar-refractivity contribution in [3.8, 4) is 0 Å². The highest BCUT2D eigenvalue weighted by Crippen LogP contribution is 2.14. The van der Waals surface area contributed by atoms with Crippen LogP contribution in [0.3, 0.4) is 0 Å². The number of anilines is 1. The number of nitrogens with zero attached hydrogens (tertiary/aromatic N) is 1. The van der Waals surface area contributed by atoms with Gasteiger partial charge in [-0.2, -0.15) is 0 Å². The summed E-state index contributed by atoms with van der Waals surface area (Å²) in [5, 5.41) is 10.9. The number of ether oxygens (including phenoxy) is 1. The number of hydrogen-bond donors (Lipinski definition) is 4. The van der Waals surface area contributed by atoms with Crippen molar-refractivity contribution in [1.82, 2.24) is 20.9 Å². The molecule has 0 saturated carbocycles. The minimum atomic E-state index is -0.585. The number of nitrogens with two attached hydrogens (primary N) is 1. The van der Waals surface area contributed by atoms with Gasteiger partial charge >= 0.3 is 6.09 Å². The SMILES string of the molecule is C=C(C)OC(=O)N[C@H](CN[C@@H](C)C(=O)N[C@H](C)c1ccc(N)cc1)Cc1cscn1. The summed E-state index contributed by atoms with van der Waals surface area (Å²) < 4.78 is 4.99. The molecule has 8 nitrogen and oxygen atoms in total. The Morgan fingerprint density at radius 2 is 1.93 bits per heavy atom. The molecule has 3 atom stereocenters. The standard InChI is InChI=1S/C21H29N5O3S/c1-13(2)29-21(28)26-18(9-19-11-30-12-24-19)10-23-15(4)20(27)25-14(3)16-5-7-17(22)8-6-16/h5-8,11-12,14-15,18,23H,1,9-10,22H2,2-4H3,(H,25,27)(H,26,28)/t14-,15+,18+/m1/s1. The summed E-state index contributed by atoms with van der Waals surface area (Å²) >= 11 is 1.48. The molecule has 30 heavy (non-hydrogen) atoms. The molecule has 9 heteroatoms. The van der Waals surface area contributed by atoms with E-state index in [2.05, 4.69) is 27.5 Å². The maximum atomic E-state index is 12.6. The maximum Gasteiger partial charge on any atom is 0.412 e. The molecule has 0 radical (unpaired) electrons. The molecule has 0 aliphatic carbocycles. The van der Waals surface area contributed by atoms with Gasteiger partial charge in [-0.1, -0.05) is 18.7 Å². The number of carbonyl (C=O) groups excluding carboxylic acids is 2. The van der Waals surface area contributed by atoms with Crippen LogP contribution < -0.4 is 21.7 Å². The number of nitrogens with one attached hydrogen (secondary N) is 3. The number of carbonyl (C=O) groups is 2. The van der Waals surface area contributed by atoms with Crippen molar-refractivity contribution in [1.29, 1.82) is 0 Å². The number of allylic oxidation sites excluding steroid dienone is 1. The topological polar surface area (TPSA) is 118 Å². The molecule has 162 valence electrons. The summed E-state index contributed by atoms with van der Waals surface area (Å²) in [6, 6.07) is 6.47. The number of aromatic nitrogens is 1. The van der Waals surface area contributed by atoms with E-state index in [-0.39, 0.29) is 18.0 Å². The van der Waals surface area contributed by atoms with Crippen LogP contribution in [0.4, 0.5) is 10.5 Å². The van der Waals surface area contributed by atoms with E-state index < -0.39 is 12.1 Å². The summed E-state index contributed by atoms with van der Waals surface area (Å²) in [4.78, 5) is 28.8. The zero-order valence-electron chi connectivity index (χ0n) is 17.5. The lowest BCUT2D eigenvalue weighted by Gasteiger charge is -2.22. The fourth-order valence-corrected chi connectivity index (χ4v) is 3.31. The van der Waals surface area contributed by atoms with Crippen LogP contribution in [0.15, 0.2) is 47.5 Å². The first-order valence-electron chi connectivity index (χ1n) is 9.64. The Morgan fingerprint density at radius 1 is 1.23 bits per heavy atom. The van der Waals surface area contributed by atoms with Gasteiger partial charge in [-0.25, -0.2) is 9.78 Å². The van der Waals surface area contributed by atoms with Gasteiger partial charge in [0.05, 0.1) is 35.1 Å². The highest BCUT2D eigenvalue weighted by molar-refractivity contribution is 7.07. The van der Waals surface area contributed by atoms with Crippen LogP contribution in [-0.2, 0) is 16.0 Å². The Balaban J connectivity index is 1.90. The molecule has 0 bridgehead atoms. The fraction of sp³-hybridized carbons (Fsp3) is 0.381. The van der Waals surface area contributed by atoms with Crippen molar-refractivity contribution in [2.24, 2.45) is 0 Å². The summed E-state index contributed by atoms with van der Waals surface area (Å²) in [6.45, 7) is 9.22. The van der Waals surface area contributed by atoms with E-state index in [1.54, 1.807) is 31.5 Å². The lowest BCUT2D eigenvalue weighted by atomic mass is 10.1. The van der Waals surface area contributed by atoms with Crippen LogP contribution in [0.25, 0.3) is 0 Å². The number of rotatable bonds is 10. The molecule has 0 aliphatic rings. The van der Waals surface area contributed by atoms with Crippen LogP contribution in [0, 0.1) is 0 Å². The Labute approximate surface area is 180 Å². The molecule has 2 amide bonds. The zero-order chi connectivity index (χ0) is 22.1. The van der Waals surface area contributed by atoms with Crippen LogP contribution >= 0.6 is 11.3 Å². The molecule has 0 fully saturated rings. The van der Waals surface area contributed by atoms with E-state index in [9.17, 15) is 9.59 Å². The minimum absolute atomic E-state index is 0.142. The van der Waals surface area contributed by atoms with Gasteiger partial charge in [-0.15, -0.1) is 11.3 Å². The average Bonchev–Trinajstić information content (AvgIpc) is 3.18. The number of hydrogen-bond acceptors (Lipinski definition) is 7. The molecule has 1 aromatic carbocycles. The lowest BCUT2D eigenvalue weighted by Crippen LogP contribution is -2.49. The fourth-order valence-electron chi connectivity index (χ4n) is 2.74. The second-order valence-corrected chi connectivity index (χ2v) is 7.86. The molecule has 0 spiro atoms. The molecule has 0 saturated heterocycles. The molecule has 0 aliphatic heterocycles. The van der Waals surface area contributed by atoms with Crippen molar-refractivity contribution in [3.63, 3.8) is 0 Å². The van der Waals surface area contributed by atoms with E-state index >= 15 is 0 Å². The second-order valence-electron chi connectivity index (χ2n) is 7.14. The van der Waals surface area contributed by atoms with Crippen LogP contribution in [0.2, 0.25) is 0 Å². The highest BCUT2D eigenvalue weighted by atomic mass is 32.1. The molecule has 1 heterocycles. The monoisotopic (exact) mass is 431 g/mol. The van der Waals surface area contributed by atoms with E-state index in [1.807, 2.05) is 24.4 Å². The second kappa shape index (κ2) is 11.3. The van der Waals surface area contributed by atoms with Crippen LogP contribution in [-0.4, -0.2) is 35.6 Å². The molecule has 0 unspecified atom stereocenters. The Kier molecular flexibility index (Phi) is 8.82. The number of thiazole rings is 1. The third kappa shape index (κ3) is 7.84. The highest BCUT2D eigenvalue weighted by Gasteiger charge is 2.20. The summed E-state index contributed by atoms with van der Waals surface area (Å²) in [6.07, 6.45) is -0.0727. The summed E-state index contributed by atoms with van der Waals surface area (Å²) in [5.74, 6) is 0.161. The van der Waals surface area contributed by atoms with Gasteiger partial charge in [0.2, 0.25) is 5.91 Å². The number of nitrogen functional groups attached to an aromatic ring is 1. The summed E-state index contributed by atoms with van der Waals surface area (Å²) in [5.41, 5.74) is 9.95. The van der Waals surface area contributed by atoms with E-state index in [4.69, 9.17) is 10.5 Å². The smallest absolute Gasteiger partial charge is 0.412 e. The third-order valence-corrected chi connectivity index (χ3v) is 5.02. The van der Waals surface area contributed by atoms with Gasteiger partial charge in [0, 0.05) is 24.0 Å². The van der Waals surface area contributed by atoms with Crippen LogP contribution in [0.5, 0.6) is 0 Å². The lowest BCUT2D eigenvalue weighted by molar-refractivity contribution is -0.123. The molecule has 2 rings (SSSR count). The van der Waals surface area contributed by atoms with Gasteiger partial charge in [0.25, 0.3) is 0 Å². The molecule has 1 aromatic heterocycles. The predicted octanol–water partition coefficient (Wildman–Crippen LogP) is 2.75.